The Morgan fingerprint density at radius 3 is 2.02 bits per heavy atom. The van der Waals surface area contributed by atoms with Crippen LogP contribution in [-0.4, -0.2) is 70.3 Å². The number of thiazole rings is 1. The summed E-state index contributed by atoms with van der Waals surface area (Å²) < 4.78 is 30.4. The molecule has 0 aliphatic carbocycles. The fourth-order valence-corrected chi connectivity index (χ4v) is 8.18. The Kier molecular flexibility index (Phi) is 15.6. The number of esters is 1. The highest BCUT2D eigenvalue weighted by atomic mass is 32.1. The van der Waals surface area contributed by atoms with Crippen molar-refractivity contribution in [2.24, 2.45) is 0 Å². The first kappa shape index (κ1) is 45.3. The molecule has 0 aliphatic heterocycles. The monoisotopic (exact) mass is 763 g/mol. The number of rotatable bonds is 18. The third-order valence-electron chi connectivity index (χ3n) is 10.3. The Balaban J connectivity index is 2.32. The predicted octanol–water partition coefficient (Wildman–Crippen LogP) is 10.0. The molecule has 8 nitrogen and oxygen atoms in total. The molecule has 2 unspecified atom stereocenters. The van der Waals surface area contributed by atoms with E-state index >= 15 is 0 Å². The fraction of sp³-hybridized carbons (Fsp3) is 0.700. The number of hydrogen-bond donors (Lipinski definition) is 1. The van der Waals surface area contributed by atoms with Crippen LogP contribution in [0.4, 0.5) is 0 Å². The van der Waals surface area contributed by atoms with Crippen molar-refractivity contribution in [1.82, 2.24) is 4.98 Å². The molecule has 1 aromatic carbocycles. The summed E-state index contributed by atoms with van der Waals surface area (Å²) in [6, 6.07) is 7.61. The minimum atomic E-state index is -2.23. The van der Waals surface area contributed by atoms with Crippen LogP contribution in [0.3, 0.4) is 0 Å². The Hall–Kier alpha value is -1.87. The van der Waals surface area contributed by atoms with E-state index < -0.39 is 39.2 Å². The Morgan fingerprint density at radius 1 is 0.902 bits per heavy atom. The first-order chi connectivity index (χ1) is 23.1. The summed E-state index contributed by atoms with van der Waals surface area (Å²) in [5.41, 5.74) is -1.10. The van der Waals surface area contributed by atoms with Crippen molar-refractivity contribution in [1.29, 1.82) is 0 Å². The number of carbonyl (C=O) groups is 1. The van der Waals surface area contributed by atoms with Crippen molar-refractivity contribution in [3.8, 4) is 5.75 Å². The zero-order valence-electron chi connectivity index (χ0n) is 34.6. The molecular formula is C40H69NO7SSi2. The van der Waals surface area contributed by atoms with Crippen molar-refractivity contribution >= 4 is 33.9 Å². The summed E-state index contributed by atoms with van der Waals surface area (Å²) in [6.07, 6.45) is 4.46. The van der Waals surface area contributed by atoms with Crippen molar-refractivity contribution < 1.29 is 33.0 Å². The number of hydrogen-bond acceptors (Lipinski definition) is 9. The van der Waals surface area contributed by atoms with Gasteiger partial charge >= 0.3 is 5.97 Å². The van der Waals surface area contributed by atoms with E-state index in [4.69, 9.17) is 28.0 Å². The molecule has 0 spiro atoms. The maximum Gasteiger partial charge on any atom is 0.342 e. The van der Waals surface area contributed by atoms with Gasteiger partial charge in [0.15, 0.2) is 22.2 Å². The van der Waals surface area contributed by atoms with Crippen molar-refractivity contribution in [3.63, 3.8) is 0 Å². The Labute approximate surface area is 316 Å². The molecule has 1 heterocycles. The van der Waals surface area contributed by atoms with E-state index in [0.717, 1.165) is 28.4 Å². The molecule has 2 atom stereocenters. The minimum Gasteiger partial charge on any atom is -0.497 e. The van der Waals surface area contributed by atoms with Crippen LogP contribution >= 0.6 is 11.3 Å². The van der Waals surface area contributed by atoms with Gasteiger partial charge in [-0.15, -0.1) is 11.3 Å². The molecule has 0 fully saturated rings. The average Bonchev–Trinajstić information content (AvgIpc) is 3.47. The van der Waals surface area contributed by atoms with E-state index in [0.29, 0.717) is 19.6 Å². The summed E-state index contributed by atoms with van der Waals surface area (Å²) >= 11 is 1.65. The lowest BCUT2D eigenvalue weighted by Crippen LogP contribution is -2.49. The van der Waals surface area contributed by atoms with Crippen LogP contribution in [0.1, 0.15) is 105 Å². The molecule has 0 amide bonds. The normalized spacial score (nSPS) is 15.5. The van der Waals surface area contributed by atoms with E-state index in [1.54, 1.807) is 45.3 Å². The second-order valence-electron chi connectivity index (χ2n) is 18.3. The lowest BCUT2D eigenvalue weighted by atomic mass is 9.85. The van der Waals surface area contributed by atoms with Crippen LogP contribution in [0, 0.1) is 0 Å². The van der Waals surface area contributed by atoms with E-state index in [9.17, 15) is 9.90 Å². The van der Waals surface area contributed by atoms with Crippen LogP contribution < -0.4 is 4.74 Å². The van der Waals surface area contributed by atoms with Gasteiger partial charge in [-0.1, -0.05) is 73.6 Å². The van der Waals surface area contributed by atoms with Crippen LogP contribution in [0.25, 0.3) is 0 Å². The summed E-state index contributed by atoms with van der Waals surface area (Å²) in [5.74, 6) is 0.0640. The molecule has 0 saturated carbocycles. The average molecular weight is 764 g/mol. The molecule has 0 radical (unpaired) electrons. The minimum absolute atomic E-state index is 0.0152. The Bertz CT molecular complexity index is 1420. The summed E-state index contributed by atoms with van der Waals surface area (Å²) in [6.45, 7) is 33.4. The number of methoxy groups -OCH3 is 1. The highest BCUT2D eigenvalue weighted by Gasteiger charge is 2.45. The van der Waals surface area contributed by atoms with Crippen LogP contribution in [0.5, 0.6) is 5.75 Å². The maximum absolute atomic E-state index is 13.4. The molecule has 1 aromatic heterocycles. The number of benzene rings is 1. The standard InChI is InChI=1S/C40H69NO7SSi2/c1-36(2,3)47-35(42)40(43,25-27-45-28-30-19-21-32(44-12)22-20-30)24-17-18-33(48-51(15,16)38(7,8)9)39(10,11)34-41-31(29-49-34)23-26-46-50(13,14)37(4,5)6/h17,19-22,24,29,33,43H,18,23,25-28H2,1-16H3/b24-17+. The first-order valence-corrected chi connectivity index (χ1v) is 24.9. The summed E-state index contributed by atoms with van der Waals surface area (Å²) in [7, 11) is -2.45. The molecular weight excluding hydrogens is 695 g/mol. The van der Waals surface area contributed by atoms with Crippen molar-refractivity contribution in [2.45, 2.75) is 161 Å². The van der Waals surface area contributed by atoms with Gasteiger partial charge in [-0.2, -0.15) is 0 Å². The predicted molar refractivity (Wildman–Crippen MR) is 216 cm³/mol. The van der Waals surface area contributed by atoms with E-state index in [-0.39, 0.29) is 29.2 Å². The van der Waals surface area contributed by atoms with Gasteiger partial charge < -0.3 is 28.2 Å². The van der Waals surface area contributed by atoms with Crippen molar-refractivity contribution in [2.75, 3.05) is 20.3 Å². The fourth-order valence-electron chi connectivity index (χ4n) is 4.65. The smallest absolute Gasteiger partial charge is 0.342 e. The number of ether oxygens (including phenoxy) is 3. The quantitative estimate of drug-likeness (QED) is 0.0694. The van der Waals surface area contributed by atoms with Crippen LogP contribution in [0.2, 0.25) is 36.3 Å². The second-order valence-corrected chi connectivity index (χ2v) is 28.7. The molecule has 0 saturated heterocycles. The van der Waals surface area contributed by atoms with Gasteiger partial charge in [-0.05, 0) is 87.2 Å². The molecule has 51 heavy (non-hydrogen) atoms. The van der Waals surface area contributed by atoms with E-state index in [1.807, 2.05) is 30.3 Å². The maximum atomic E-state index is 13.4. The molecule has 290 valence electrons. The summed E-state index contributed by atoms with van der Waals surface area (Å²) in [5, 5.41) is 15.1. The molecule has 11 heteroatoms. The highest BCUT2D eigenvalue weighted by Crippen LogP contribution is 2.42. The molecule has 0 bridgehead atoms. The van der Waals surface area contributed by atoms with Gasteiger partial charge in [0.2, 0.25) is 0 Å². The van der Waals surface area contributed by atoms with Gasteiger partial charge in [-0.3, -0.25) is 0 Å². The van der Waals surface area contributed by atoms with E-state index in [1.165, 1.54) is 0 Å². The van der Waals surface area contributed by atoms with Crippen molar-refractivity contribution in [3.05, 3.63) is 58.1 Å². The number of aliphatic hydroxyl groups is 1. The highest BCUT2D eigenvalue weighted by molar-refractivity contribution is 7.09. The topological polar surface area (TPSA) is 96.3 Å². The third kappa shape index (κ3) is 13.5. The SMILES string of the molecule is COc1ccc(COCCC(O)(/C=C/CC(O[Si](C)(C)C(C)(C)C)C(C)(C)c2nc(CCO[Si](C)(C)C(C)(C)C)cs2)C(=O)OC(C)(C)C)cc1. The number of nitrogens with zero attached hydrogens (tertiary/aromatic N) is 1. The molecule has 2 rings (SSSR count). The first-order valence-electron chi connectivity index (χ1n) is 18.2. The van der Waals surface area contributed by atoms with Crippen LogP contribution in [-0.2, 0) is 41.6 Å². The lowest BCUT2D eigenvalue weighted by molar-refractivity contribution is -0.173. The van der Waals surface area contributed by atoms with Gasteiger partial charge in [0, 0.05) is 30.2 Å². The zero-order valence-corrected chi connectivity index (χ0v) is 37.4. The molecule has 0 aliphatic rings. The van der Waals surface area contributed by atoms with Gasteiger partial charge in [0.1, 0.15) is 16.4 Å². The largest absolute Gasteiger partial charge is 0.497 e. The summed E-state index contributed by atoms with van der Waals surface area (Å²) in [4.78, 5) is 18.5. The van der Waals surface area contributed by atoms with Gasteiger partial charge in [0.25, 0.3) is 0 Å². The number of carbonyl (C=O) groups excluding carboxylic acids is 1. The second kappa shape index (κ2) is 17.5. The van der Waals surface area contributed by atoms with E-state index in [2.05, 4.69) is 87.0 Å². The molecule has 2 aromatic rings. The number of aromatic nitrogens is 1. The Morgan fingerprint density at radius 2 is 1.49 bits per heavy atom. The van der Waals surface area contributed by atoms with Gasteiger partial charge in [-0.25, -0.2) is 9.78 Å². The third-order valence-corrected chi connectivity index (χ3v) is 20.6. The van der Waals surface area contributed by atoms with Gasteiger partial charge in [0.05, 0.1) is 32.1 Å². The van der Waals surface area contributed by atoms with Crippen LogP contribution in [0.15, 0.2) is 41.8 Å². The zero-order chi connectivity index (χ0) is 39.1. The molecule has 1 N–H and O–H groups in total. The lowest BCUT2D eigenvalue weighted by Gasteiger charge is -2.43.